The Balaban J connectivity index is 0.00000215. The molecule has 2 aromatic heterocycles. The Labute approximate surface area is 340 Å². The van der Waals surface area contributed by atoms with Crippen molar-refractivity contribution in [3.8, 4) is 16.8 Å². The predicted molar refractivity (Wildman–Crippen MR) is 244 cm³/mol. The largest absolute Gasteiger partial charge is 0.456 e. The first-order valence-corrected chi connectivity index (χ1v) is 20.4. The van der Waals surface area contributed by atoms with Gasteiger partial charge in [-0.05, 0) is 108 Å². The van der Waals surface area contributed by atoms with Crippen LogP contribution in [0.1, 0.15) is 51.2 Å². The molecule has 4 nitrogen and oxygen atoms in total. The Hall–Kier alpha value is -6.91. The summed E-state index contributed by atoms with van der Waals surface area (Å²) in [5.74, 6) is 1.52. The van der Waals surface area contributed by atoms with Crippen LogP contribution in [0.4, 0.5) is 0 Å². The molecule has 284 valence electrons. The maximum absolute atomic E-state index is 6.57. The van der Waals surface area contributed by atoms with Crippen LogP contribution in [0.3, 0.4) is 0 Å². The highest BCUT2D eigenvalue weighted by atomic mass is 16.5. The molecule has 3 heterocycles. The van der Waals surface area contributed by atoms with E-state index in [1.807, 2.05) is 32.0 Å². The third-order valence-electron chi connectivity index (χ3n) is 11.1. The Bertz CT molecular complexity index is 3000. The van der Waals surface area contributed by atoms with E-state index in [0.717, 1.165) is 79.8 Å². The van der Waals surface area contributed by atoms with E-state index in [2.05, 4.69) is 164 Å². The quantitative estimate of drug-likeness (QED) is 0.145. The number of ether oxygens (including phenoxy) is 1. The normalized spacial score (nSPS) is 15.0. The van der Waals surface area contributed by atoms with Gasteiger partial charge in [-0.1, -0.05) is 130 Å². The molecule has 0 amide bonds. The SMILES string of the molecule is C=C(/C=C1\CC(Cc2cccc3oc4ccc(-c5ccc6c(c5)c5ccccc5n6-c5ccccc5)cc4c23)=C(/N=C(\C)C2=CCCC=C2)O1)c1ccccc1.CC. The average Bonchev–Trinajstić information content (AvgIpc) is 3.96. The molecule has 0 saturated carbocycles. The molecule has 6 aromatic carbocycles. The molecule has 2 aliphatic rings. The molecule has 0 N–H and O–H groups in total. The molecule has 10 rings (SSSR count). The lowest BCUT2D eigenvalue weighted by Gasteiger charge is -2.09. The summed E-state index contributed by atoms with van der Waals surface area (Å²) < 4.78 is 15.4. The number of nitrogens with zero attached hydrogens (tertiary/aromatic N) is 2. The fourth-order valence-corrected chi connectivity index (χ4v) is 8.33. The first kappa shape index (κ1) is 36.7. The number of para-hydroxylation sites is 2. The van der Waals surface area contributed by atoms with E-state index in [9.17, 15) is 0 Å². The highest BCUT2D eigenvalue weighted by Gasteiger charge is 2.24. The standard InChI is InChI=1S/C52H40N2O2.C2H6/c1-34(36-15-6-3-7-16-36)29-43-31-41(52(55-43)53-35(2)37-17-8-4-9-18-37)30-40-19-14-24-50-51(40)46-33-39(26-28-49(46)56-50)38-25-27-48-45(32-38)44-22-12-13-23-47(44)54(48)42-20-10-5-11-21-42;1-2/h3,5-8,10-29,32-33H,1,4,9,30-31H2,2H3;1-2H3/b43-29+,53-35+;. The number of aliphatic imine (C=N–C) groups is 1. The van der Waals surface area contributed by atoms with E-state index in [0.29, 0.717) is 18.7 Å². The summed E-state index contributed by atoms with van der Waals surface area (Å²) in [6.45, 7) is 10.4. The molecule has 58 heavy (non-hydrogen) atoms. The maximum Gasteiger partial charge on any atom is 0.218 e. The number of furan rings is 1. The number of fused-ring (bicyclic) bond motifs is 6. The fourth-order valence-electron chi connectivity index (χ4n) is 8.33. The van der Waals surface area contributed by atoms with Crippen LogP contribution in [-0.2, 0) is 11.2 Å². The fraction of sp³-hybridized carbons (Fsp3) is 0.130. The first-order chi connectivity index (χ1) is 28.6. The second kappa shape index (κ2) is 15.9. The maximum atomic E-state index is 6.57. The molecule has 4 heteroatoms. The Morgan fingerprint density at radius 1 is 0.724 bits per heavy atom. The van der Waals surface area contributed by atoms with Crippen LogP contribution < -0.4 is 0 Å². The van der Waals surface area contributed by atoms with Gasteiger partial charge in [0.25, 0.3) is 0 Å². The Morgan fingerprint density at radius 2 is 1.45 bits per heavy atom. The van der Waals surface area contributed by atoms with Crippen molar-refractivity contribution >= 4 is 55.0 Å². The van der Waals surface area contributed by atoms with Crippen molar-refractivity contribution in [3.05, 3.63) is 204 Å². The molecule has 0 saturated heterocycles. The van der Waals surface area contributed by atoms with Gasteiger partial charge in [0, 0.05) is 51.4 Å². The minimum Gasteiger partial charge on any atom is -0.456 e. The molecule has 0 radical (unpaired) electrons. The first-order valence-electron chi connectivity index (χ1n) is 20.4. The molecule has 0 fully saturated rings. The molecule has 0 spiro atoms. The van der Waals surface area contributed by atoms with Gasteiger partial charge in [0.2, 0.25) is 5.88 Å². The minimum atomic E-state index is 0.654. The molecule has 8 aromatic rings. The number of hydrogen-bond donors (Lipinski definition) is 0. The lowest BCUT2D eigenvalue weighted by atomic mass is 9.96. The van der Waals surface area contributed by atoms with Gasteiger partial charge in [0.15, 0.2) is 0 Å². The van der Waals surface area contributed by atoms with Gasteiger partial charge in [-0.15, -0.1) is 0 Å². The van der Waals surface area contributed by atoms with Gasteiger partial charge >= 0.3 is 0 Å². The highest BCUT2D eigenvalue weighted by Crippen LogP contribution is 2.40. The molecule has 0 atom stereocenters. The van der Waals surface area contributed by atoms with Crippen LogP contribution in [0.15, 0.2) is 203 Å². The molecular weight excluding hydrogens is 709 g/mol. The van der Waals surface area contributed by atoms with E-state index in [1.54, 1.807) is 0 Å². The summed E-state index contributed by atoms with van der Waals surface area (Å²) in [5.41, 5.74) is 14.0. The van der Waals surface area contributed by atoms with Crippen molar-refractivity contribution in [1.29, 1.82) is 0 Å². The molecule has 0 unspecified atom stereocenters. The summed E-state index contributed by atoms with van der Waals surface area (Å²) in [6, 6.07) is 49.3. The topological polar surface area (TPSA) is 39.7 Å². The average molecular weight is 755 g/mol. The number of allylic oxidation sites excluding steroid dienone is 7. The van der Waals surface area contributed by atoms with E-state index < -0.39 is 0 Å². The highest BCUT2D eigenvalue weighted by molar-refractivity contribution is 6.12. The summed E-state index contributed by atoms with van der Waals surface area (Å²) in [4.78, 5) is 5.12. The Kier molecular flexibility index (Phi) is 10.1. The summed E-state index contributed by atoms with van der Waals surface area (Å²) in [5, 5.41) is 4.70. The second-order valence-electron chi connectivity index (χ2n) is 14.7. The van der Waals surface area contributed by atoms with Gasteiger partial charge in [0.05, 0.1) is 11.0 Å². The molecular formula is C54H46N2O2. The zero-order valence-corrected chi connectivity index (χ0v) is 33.3. The molecule has 1 aliphatic carbocycles. The van der Waals surface area contributed by atoms with Crippen LogP contribution in [0.25, 0.3) is 66.1 Å². The van der Waals surface area contributed by atoms with Crippen molar-refractivity contribution in [2.45, 2.75) is 46.5 Å². The lowest BCUT2D eigenvalue weighted by Crippen LogP contribution is -2.00. The van der Waals surface area contributed by atoms with Gasteiger partial charge < -0.3 is 13.7 Å². The van der Waals surface area contributed by atoms with Crippen LogP contribution >= 0.6 is 0 Å². The summed E-state index contributed by atoms with van der Waals surface area (Å²) in [6.07, 6.45) is 12.1. The summed E-state index contributed by atoms with van der Waals surface area (Å²) in [7, 11) is 0. The number of rotatable bonds is 8. The van der Waals surface area contributed by atoms with Crippen LogP contribution in [0.2, 0.25) is 0 Å². The third kappa shape index (κ3) is 6.92. The van der Waals surface area contributed by atoms with Gasteiger partial charge in [-0.3, -0.25) is 0 Å². The lowest BCUT2D eigenvalue weighted by molar-refractivity contribution is 0.320. The smallest absolute Gasteiger partial charge is 0.218 e. The van der Waals surface area contributed by atoms with E-state index in [-0.39, 0.29) is 0 Å². The van der Waals surface area contributed by atoms with E-state index >= 15 is 0 Å². The Morgan fingerprint density at radius 3 is 2.24 bits per heavy atom. The third-order valence-corrected chi connectivity index (χ3v) is 11.1. The van der Waals surface area contributed by atoms with Crippen molar-refractivity contribution in [2.24, 2.45) is 4.99 Å². The predicted octanol–water partition coefficient (Wildman–Crippen LogP) is 14.9. The van der Waals surface area contributed by atoms with Crippen LogP contribution in [-0.4, -0.2) is 10.3 Å². The number of aromatic nitrogens is 1. The van der Waals surface area contributed by atoms with E-state index in [4.69, 9.17) is 14.1 Å². The molecule has 1 aliphatic heterocycles. The van der Waals surface area contributed by atoms with Crippen molar-refractivity contribution in [2.75, 3.05) is 0 Å². The second-order valence-corrected chi connectivity index (χ2v) is 14.7. The minimum absolute atomic E-state index is 0.654. The van der Waals surface area contributed by atoms with Gasteiger partial charge in [-0.25, -0.2) is 4.99 Å². The van der Waals surface area contributed by atoms with E-state index in [1.165, 1.54) is 32.9 Å². The monoisotopic (exact) mass is 754 g/mol. The van der Waals surface area contributed by atoms with Gasteiger partial charge in [-0.2, -0.15) is 0 Å². The number of benzene rings is 6. The van der Waals surface area contributed by atoms with Crippen molar-refractivity contribution < 1.29 is 9.15 Å². The van der Waals surface area contributed by atoms with Crippen molar-refractivity contribution in [1.82, 2.24) is 4.57 Å². The number of hydrogen-bond acceptors (Lipinski definition) is 3. The van der Waals surface area contributed by atoms with Crippen LogP contribution in [0, 0.1) is 0 Å². The zero-order chi connectivity index (χ0) is 39.6. The zero-order valence-electron chi connectivity index (χ0n) is 33.3. The van der Waals surface area contributed by atoms with Crippen LogP contribution in [0.5, 0.6) is 0 Å². The van der Waals surface area contributed by atoms with Crippen molar-refractivity contribution in [3.63, 3.8) is 0 Å². The van der Waals surface area contributed by atoms with Gasteiger partial charge in [0.1, 0.15) is 16.9 Å². The summed E-state index contributed by atoms with van der Waals surface area (Å²) >= 11 is 0. The molecule has 0 bridgehead atoms.